The number of fused-ring (bicyclic) bond motifs is 5. The number of para-hydroxylation sites is 1. The van der Waals surface area contributed by atoms with Gasteiger partial charge in [-0.2, -0.15) is 5.10 Å². The van der Waals surface area contributed by atoms with Crippen molar-refractivity contribution in [2.45, 2.75) is 64.9 Å². The summed E-state index contributed by atoms with van der Waals surface area (Å²) in [6.45, 7) is 4.76. The van der Waals surface area contributed by atoms with E-state index in [-0.39, 0.29) is 16.9 Å². The van der Waals surface area contributed by atoms with Crippen molar-refractivity contribution >= 4 is 17.1 Å². The maximum atomic E-state index is 10.2. The zero-order valence-electron chi connectivity index (χ0n) is 18.0. The Morgan fingerprint density at radius 1 is 1.00 bits per heavy atom. The van der Waals surface area contributed by atoms with Crippen LogP contribution in [0.15, 0.2) is 52.2 Å². The van der Waals surface area contributed by atoms with E-state index >= 15 is 0 Å². The number of nitrogens with zero attached hydrogens (tertiary/aromatic N) is 2. The summed E-state index contributed by atoms with van der Waals surface area (Å²) in [5, 5.41) is 28.5. The molecular weight excluding hydrogens is 374 g/mol. The smallest absolute Gasteiger partial charge is 0.104 e. The van der Waals surface area contributed by atoms with Crippen LogP contribution in [0.3, 0.4) is 0 Å². The van der Waals surface area contributed by atoms with Crippen LogP contribution < -0.4 is 5.43 Å². The third-order valence-corrected chi connectivity index (χ3v) is 8.89. The molecule has 0 aromatic heterocycles. The van der Waals surface area contributed by atoms with Crippen molar-refractivity contribution in [3.8, 4) is 0 Å². The largest absolute Gasteiger partial charge is 0.411 e. The van der Waals surface area contributed by atoms with Gasteiger partial charge in [0.2, 0.25) is 0 Å². The van der Waals surface area contributed by atoms with Gasteiger partial charge in [-0.25, -0.2) is 0 Å². The maximum absolute atomic E-state index is 10.2. The van der Waals surface area contributed by atoms with Gasteiger partial charge in [-0.15, -0.1) is 0 Å². The summed E-state index contributed by atoms with van der Waals surface area (Å²) in [6, 6.07) is 9.96. The normalized spacial score (nSPS) is 43.0. The molecule has 5 heteroatoms. The molecule has 2 unspecified atom stereocenters. The molecule has 160 valence electrons. The molecule has 3 fully saturated rings. The molecule has 4 aliphatic rings. The van der Waals surface area contributed by atoms with Gasteiger partial charge < -0.3 is 10.3 Å². The minimum atomic E-state index is -0.169. The van der Waals surface area contributed by atoms with Crippen molar-refractivity contribution < 1.29 is 10.3 Å². The third kappa shape index (κ3) is 2.93. The van der Waals surface area contributed by atoms with Crippen LogP contribution in [0.1, 0.15) is 58.8 Å². The minimum Gasteiger partial charge on any atom is -0.411 e. The Morgan fingerprint density at radius 2 is 1.77 bits per heavy atom. The third-order valence-electron chi connectivity index (χ3n) is 8.89. The van der Waals surface area contributed by atoms with Gasteiger partial charge in [0.05, 0.1) is 17.5 Å². The van der Waals surface area contributed by atoms with Gasteiger partial charge in [0.1, 0.15) is 5.71 Å². The number of hydrazone groups is 1. The van der Waals surface area contributed by atoms with Crippen LogP contribution in [0.5, 0.6) is 0 Å². The summed E-state index contributed by atoms with van der Waals surface area (Å²) in [6.07, 6.45) is 9.21. The highest BCUT2D eigenvalue weighted by molar-refractivity contribution is 6.46. The van der Waals surface area contributed by atoms with Crippen LogP contribution in [0.2, 0.25) is 0 Å². The molecule has 30 heavy (non-hydrogen) atoms. The summed E-state index contributed by atoms with van der Waals surface area (Å²) in [5.41, 5.74) is 7.44. The first-order chi connectivity index (χ1) is 14.5. The van der Waals surface area contributed by atoms with Gasteiger partial charge in [0.15, 0.2) is 0 Å². The lowest BCUT2D eigenvalue weighted by molar-refractivity contribution is -0.0197. The average molecular weight is 408 g/mol. The summed E-state index contributed by atoms with van der Waals surface area (Å²) >= 11 is 0. The number of rotatable bonds is 2. The Kier molecular flexibility index (Phi) is 4.77. The molecule has 0 saturated heterocycles. The first kappa shape index (κ1) is 19.8. The van der Waals surface area contributed by atoms with Gasteiger partial charge in [-0.3, -0.25) is 5.43 Å². The van der Waals surface area contributed by atoms with Gasteiger partial charge >= 0.3 is 0 Å². The summed E-state index contributed by atoms with van der Waals surface area (Å²) in [5.74, 6) is 1.67. The van der Waals surface area contributed by atoms with E-state index in [0.29, 0.717) is 17.8 Å². The van der Waals surface area contributed by atoms with Crippen LogP contribution in [0.4, 0.5) is 5.69 Å². The highest BCUT2D eigenvalue weighted by atomic mass is 16.4. The molecule has 5 rings (SSSR count). The van der Waals surface area contributed by atoms with E-state index in [9.17, 15) is 10.3 Å². The van der Waals surface area contributed by atoms with E-state index in [0.717, 1.165) is 55.6 Å². The number of aliphatic hydroxyl groups is 1. The second-order valence-electron chi connectivity index (χ2n) is 10.3. The molecule has 3 saturated carbocycles. The van der Waals surface area contributed by atoms with Crippen LogP contribution in [0.25, 0.3) is 0 Å². The number of aliphatic hydroxyl groups excluding tert-OH is 1. The molecule has 0 amide bonds. The average Bonchev–Trinajstić information content (AvgIpc) is 3.05. The first-order valence-electron chi connectivity index (χ1n) is 11.4. The maximum Gasteiger partial charge on any atom is 0.104 e. The zero-order chi connectivity index (χ0) is 20.9. The van der Waals surface area contributed by atoms with Crippen molar-refractivity contribution in [2.75, 3.05) is 5.43 Å². The fourth-order valence-corrected chi connectivity index (χ4v) is 7.18. The topological polar surface area (TPSA) is 77.2 Å². The highest BCUT2D eigenvalue weighted by Crippen LogP contribution is 2.63. The van der Waals surface area contributed by atoms with Crippen LogP contribution >= 0.6 is 0 Å². The Balaban J connectivity index is 1.46. The molecule has 0 spiro atoms. The second kappa shape index (κ2) is 7.23. The van der Waals surface area contributed by atoms with Crippen molar-refractivity contribution in [2.24, 2.45) is 38.8 Å². The Labute approximate surface area is 179 Å². The molecule has 4 aliphatic carbocycles. The van der Waals surface area contributed by atoms with Crippen LogP contribution in [-0.2, 0) is 0 Å². The number of nitrogens with one attached hydrogen (secondary N) is 1. The summed E-state index contributed by atoms with van der Waals surface area (Å²) in [7, 11) is 0. The van der Waals surface area contributed by atoms with Gasteiger partial charge in [0, 0.05) is 5.41 Å². The highest BCUT2D eigenvalue weighted by Gasteiger charge is 2.59. The van der Waals surface area contributed by atoms with E-state index < -0.39 is 0 Å². The fourth-order valence-electron chi connectivity index (χ4n) is 7.18. The van der Waals surface area contributed by atoms with Gasteiger partial charge in [0.25, 0.3) is 0 Å². The number of anilines is 1. The van der Waals surface area contributed by atoms with Gasteiger partial charge in [-0.1, -0.05) is 48.9 Å². The number of hydrogen-bond donors (Lipinski definition) is 3. The summed E-state index contributed by atoms with van der Waals surface area (Å²) < 4.78 is 0. The lowest BCUT2D eigenvalue weighted by Gasteiger charge is -2.56. The van der Waals surface area contributed by atoms with Crippen molar-refractivity contribution in [3.05, 3.63) is 42.0 Å². The first-order valence-corrected chi connectivity index (χ1v) is 11.4. The number of allylic oxidation sites excluding steroid dienone is 1. The van der Waals surface area contributed by atoms with Crippen LogP contribution in [-0.4, -0.2) is 27.8 Å². The van der Waals surface area contributed by atoms with E-state index in [4.69, 9.17) is 5.10 Å². The monoisotopic (exact) mass is 407 g/mol. The summed E-state index contributed by atoms with van der Waals surface area (Å²) in [4.78, 5) is 0. The molecule has 6 atom stereocenters. The van der Waals surface area contributed by atoms with E-state index in [1.807, 2.05) is 30.3 Å². The number of oxime groups is 1. The van der Waals surface area contributed by atoms with E-state index in [2.05, 4.69) is 30.5 Å². The standard InChI is InChI=1S/C25H33N3O2/c1-24-12-10-18(29)14-16(24)8-9-19-20(24)11-13-25(2)21(19)15-22(28-30)23(25)27-26-17-6-4-3-5-7-17/h3-8,18-21,26,29-30H,9-15H2,1-2H3/b27-23+,28-22-/t18-,19?,20?,21-,24-,25-/m0/s1. The molecule has 1 aromatic carbocycles. The lowest BCUT2D eigenvalue weighted by Crippen LogP contribution is -2.50. The molecule has 5 nitrogen and oxygen atoms in total. The zero-order valence-corrected chi connectivity index (χ0v) is 18.0. The Bertz CT molecular complexity index is 908. The van der Waals surface area contributed by atoms with Crippen LogP contribution in [0, 0.1) is 28.6 Å². The molecule has 0 aliphatic heterocycles. The fraction of sp³-hybridized carbons (Fsp3) is 0.600. The second-order valence-corrected chi connectivity index (χ2v) is 10.3. The Morgan fingerprint density at radius 3 is 2.53 bits per heavy atom. The van der Waals surface area contributed by atoms with E-state index in [1.165, 1.54) is 12.0 Å². The Hall–Kier alpha value is -2.14. The SMILES string of the molecule is C[C@]12CC[C@H](O)CC1=CCC1C2CC[C@]2(C)C(=N/Nc3ccccc3)/C(=N\O)C[C@@H]12. The molecular formula is C25H33N3O2. The van der Waals surface area contributed by atoms with Crippen molar-refractivity contribution in [1.82, 2.24) is 0 Å². The molecule has 0 radical (unpaired) electrons. The van der Waals surface area contributed by atoms with E-state index in [1.54, 1.807) is 0 Å². The van der Waals surface area contributed by atoms with Crippen molar-refractivity contribution in [3.63, 3.8) is 0 Å². The molecule has 3 N–H and O–H groups in total. The molecule has 1 aromatic rings. The molecule has 0 bridgehead atoms. The number of hydrogen-bond acceptors (Lipinski definition) is 5. The minimum absolute atomic E-state index is 0.0691. The quantitative estimate of drug-likeness (QED) is 0.357. The number of benzene rings is 1. The lowest BCUT2D eigenvalue weighted by atomic mass is 9.48. The predicted octanol–water partition coefficient (Wildman–Crippen LogP) is 5.22. The predicted molar refractivity (Wildman–Crippen MR) is 120 cm³/mol. The van der Waals surface area contributed by atoms with Gasteiger partial charge in [-0.05, 0) is 80.2 Å². The van der Waals surface area contributed by atoms with Crippen molar-refractivity contribution in [1.29, 1.82) is 0 Å². The molecule has 0 heterocycles.